The minimum atomic E-state index is -0.773. The van der Waals surface area contributed by atoms with Crippen LogP contribution >= 0.6 is 31.9 Å². The first-order valence-electron chi connectivity index (χ1n) is 12.6. The van der Waals surface area contributed by atoms with Gasteiger partial charge in [-0.05, 0) is 52.4 Å². The third-order valence-electron chi connectivity index (χ3n) is 8.21. The predicted octanol–water partition coefficient (Wildman–Crippen LogP) is 5.13. The summed E-state index contributed by atoms with van der Waals surface area (Å²) in [7, 11) is 1.43. The maximum Gasteiger partial charge on any atom is 0.234 e. The first kappa shape index (κ1) is 26.0. The van der Waals surface area contributed by atoms with Crippen LogP contribution in [0.2, 0.25) is 0 Å². The Balaban J connectivity index is 1.49. The van der Waals surface area contributed by atoms with Crippen molar-refractivity contribution in [1.29, 1.82) is 0 Å². The monoisotopic (exact) mass is 651 g/mol. The van der Waals surface area contributed by atoms with Gasteiger partial charge in [0.05, 0.1) is 30.0 Å². The fourth-order valence-electron chi connectivity index (χ4n) is 6.52. The number of hydrogen-bond donors (Lipinski definition) is 1. The van der Waals surface area contributed by atoms with E-state index in [1.807, 2.05) is 36.4 Å². The molecule has 2 aromatic carbocycles. The van der Waals surface area contributed by atoms with E-state index in [1.54, 1.807) is 12.1 Å². The number of Topliss-reactive ketones (excluding diaryl/α,β-unsaturated/α-hetero) is 1. The fourth-order valence-corrected chi connectivity index (χ4v) is 7.42. The number of carbonyl (C=O) groups excluding carboxylic acids is 4. The van der Waals surface area contributed by atoms with Crippen LogP contribution in [-0.4, -0.2) is 40.5 Å². The number of benzene rings is 2. The van der Waals surface area contributed by atoms with Gasteiger partial charge in [-0.2, -0.15) is 0 Å². The lowest BCUT2D eigenvalue weighted by atomic mass is 9.59. The van der Waals surface area contributed by atoms with Gasteiger partial charge >= 0.3 is 0 Å². The lowest BCUT2D eigenvalue weighted by Crippen LogP contribution is -2.39. The highest BCUT2D eigenvalue weighted by Gasteiger charge is 2.56. The number of methoxy groups -OCH3 is 1. The van der Waals surface area contributed by atoms with Crippen LogP contribution in [0.3, 0.4) is 0 Å². The molecule has 7 nitrogen and oxygen atoms in total. The van der Waals surface area contributed by atoms with Gasteiger partial charge in [0.25, 0.3) is 0 Å². The molecule has 6 rings (SSSR count). The lowest BCUT2D eigenvalue weighted by molar-refractivity contribution is -0.140. The maximum atomic E-state index is 13.9. The number of aromatic hydroxyl groups is 1. The Labute approximate surface area is 241 Å². The molecule has 0 radical (unpaired) electrons. The molecule has 0 spiro atoms. The van der Waals surface area contributed by atoms with E-state index >= 15 is 0 Å². The Morgan fingerprint density at radius 2 is 1.77 bits per heavy atom. The zero-order valence-corrected chi connectivity index (χ0v) is 24.0. The maximum absolute atomic E-state index is 13.9. The number of phenolic OH excluding ortho intramolecular Hbond substituents is 1. The molecule has 4 unspecified atom stereocenters. The van der Waals surface area contributed by atoms with Crippen molar-refractivity contribution in [1.82, 2.24) is 4.90 Å². The Bertz CT molecular complexity index is 1560. The third kappa shape index (κ3) is 4.05. The van der Waals surface area contributed by atoms with Gasteiger partial charge in [-0.1, -0.05) is 57.9 Å². The molecule has 4 aliphatic rings. The van der Waals surface area contributed by atoms with Crippen molar-refractivity contribution in [2.45, 2.75) is 25.3 Å². The van der Waals surface area contributed by atoms with Crippen molar-refractivity contribution < 1.29 is 29.0 Å². The van der Waals surface area contributed by atoms with Crippen molar-refractivity contribution >= 4 is 55.2 Å². The summed E-state index contributed by atoms with van der Waals surface area (Å²) in [5.41, 5.74) is 2.61. The molecule has 0 bridgehead atoms. The van der Waals surface area contributed by atoms with Gasteiger partial charge in [0.2, 0.25) is 11.8 Å². The summed E-state index contributed by atoms with van der Waals surface area (Å²) in [5, 5.41) is 11.2. The number of halogens is 2. The molecular formula is C30H23Br2NO6. The van der Waals surface area contributed by atoms with Crippen LogP contribution < -0.4 is 4.74 Å². The number of fused-ring (bicyclic) bond motifs is 3. The van der Waals surface area contributed by atoms with E-state index < -0.39 is 23.7 Å². The minimum absolute atomic E-state index is 0.144. The molecule has 1 fully saturated rings. The molecule has 1 N–H and O–H groups in total. The number of phenols is 1. The van der Waals surface area contributed by atoms with Crippen molar-refractivity contribution in [2.24, 2.45) is 17.8 Å². The number of imide groups is 1. The second-order valence-electron chi connectivity index (χ2n) is 10.2. The highest BCUT2D eigenvalue weighted by Crippen LogP contribution is 2.57. The number of ether oxygens (including phenoxy) is 1. The van der Waals surface area contributed by atoms with E-state index in [0.717, 1.165) is 11.1 Å². The number of hydrogen-bond acceptors (Lipinski definition) is 6. The van der Waals surface area contributed by atoms with E-state index in [-0.39, 0.29) is 57.9 Å². The van der Waals surface area contributed by atoms with Gasteiger partial charge in [-0.25, -0.2) is 0 Å². The summed E-state index contributed by atoms with van der Waals surface area (Å²) in [5.74, 6) is -3.55. The number of allylic oxidation sites excluding steroid dienone is 6. The zero-order valence-electron chi connectivity index (χ0n) is 20.8. The minimum Gasteiger partial charge on any atom is -0.504 e. The number of likely N-dealkylation sites (tertiary alicyclic amines) is 1. The van der Waals surface area contributed by atoms with E-state index in [1.165, 1.54) is 18.1 Å². The second-order valence-corrected chi connectivity index (χ2v) is 12.0. The van der Waals surface area contributed by atoms with Gasteiger partial charge in [-0.15, -0.1) is 0 Å². The number of rotatable bonds is 4. The molecule has 39 heavy (non-hydrogen) atoms. The summed E-state index contributed by atoms with van der Waals surface area (Å²) in [4.78, 5) is 55.4. The molecule has 0 aromatic heterocycles. The first-order chi connectivity index (χ1) is 18.7. The van der Waals surface area contributed by atoms with Gasteiger partial charge in [-0.3, -0.25) is 24.1 Å². The van der Waals surface area contributed by atoms with Gasteiger partial charge in [0, 0.05) is 33.2 Å². The number of amides is 2. The van der Waals surface area contributed by atoms with Crippen molar-refractivity contribution in [3.8, 4) is 11.5 Å². The first-order valence-corrected chi connectivity index (χ1v) is 14.1. The van der Waals surface area contributed by atoms with Crippen LogP contribution in [0.1, 0.15) is 29.9 Å². The predicted molar refractivity (Wildman–Crippen MR) is 149 cm³/mol. The van der Waals surface area contributed by atoms with Crippen LogP contribution in [0.5, 0.6) is 11.5 Å². The topological polar surface area (TPSA) is 101 Å². The van der Waals surface area contributed by atoms with Gasteiger partial charge in [0.1, 0.15) is 0 Å². The quantitative estimate of drug-likeness (QED) is 0.279. The molecule has 198 valence electrons. The van der Waals surface area contributed by atoms with Gasteiger partial charge < -0.3 is 9.84 Å². The van der Waals surface area contributed by atoms with E-state index in [9.17, 15) is 24.3 Å². The lowest BCUT2D eigenvalue weighted by Gasteiger charge is -2.42. The molecule has 2 amide bonds. The van der Waals surface area contributed by atoms with Crippen LogP contribution in [-0.2, 0) is 25.7 Å². The van der Waals surface area contributed by atoms with E-state index in [2.05, 4.69) is 31.9 Å². The Morgan fingerprint density at radius 3 is 2.49 bits per heavy atom. The van der Waals surface area contributed by atoms with E-state index in [4.69, 9.17) is 4.74 Å². The van der Waals surface area contributed by atoms with Crippen molar-refractivity contribution in [3.05, 3.63) is 91.4 Å². The summed E-state index contributed by atoms with van der Waals surface area (Å²) < 4.78 is 6.15. The average Bonchev–Trinajstić information content (AvgIpc) is 3.17. The van der Waals surface area contributed by atoms with Crippen molar-refractivity contribution in [2.75, 3.05) is 7.11 Å². The number of nitrogens with zero attached hydrogens (tertiary/aromatic N) is 1. The molecule has 9 heteroatoms. The summed E-state index contributed by atoms with van der Waals surface area (Å²) in [6.45, 7) is 0.181. The van der Waals surface area contributed by atoms with Crippen molar-refractivity contribution in [3.63, 3.8) is 0 Å². The molecule has 1 aliphatic heterocycles. The highest BCUT2D eigenvalue weighted by molar-refractivity contribution is 9.12. The standard InChI is InChI=1S/C30H23Br2NO6/c1-39-23-10-15(31)9-19(28(23)36)24-16-7-8-17-25(18(16)11-20-26(24)22(34)12-21(32)27(20)35)30(38)33(29(17)37)13-14-5-3-2-4-6-14/h2-7,9-10,12,17-18,24-25,36H,8,11,13H2,1H3. The molecule has 4 atom stereocenters. The largest absolute Gasteiger partial charge is 0.504 e. The number of carbonyl (C=O) groups is 4. The third-order valence-corrected chi connectivity index (χ3v) is 9.25. The number of ketones is 2. The van der Waals surface area contributed by atoms with Crippen LogP contribution in [0.25, 0.3) is 0 Å². The Kier molecular flexibility index (Phi) is 6.46. The zero-order chi connectivity index (χ0) is 27.6. The summed E-state index contributed by atoms with van der Waals surface area (Å²) in [6.07, 6.45) is 3.68. The van der Waals surface area contributed by atoms with Crippen LogP contribution in [0.15, 0.2) is 80.3 Å². The molecule has 1 saturated heterocycles. The Hall–Kier alpha value is -3.30. The van der Waals surface area contributed by atoms with Gasteiger partial charge in [0.15, 0.2) is 23.1 Å². The molecule has 0 saturated carbocycles. The Morgan fingerprint density at radius 1 is 1.03 bits per heavy atom. The van der Waals surface area contributed by atoms with E-state index in [0.29, 0.717) is 22.0 Å². The molecule has 3 aliphatic carbocycles. The summed E-state index contributed by atoms with van der Waals surface area (Å²) >= 11 is 6.70. The molecule has 2 aromatic rings. The highest BCUT2D eigenvalue weighted by atomic mass is 79.9. The van der Waals surface area contributed by atoms with Crippen LogP contribution in [0.4, 0.5) is 0 Å². The smallest absolute Gasteiger partial charge is 0.234 e. The molecular weight excluding hydrogens is 630 g/mol. The SMILES string of the molecule is COc1cc(Br)cc(C2C3=CCC4C(=O)N(Cc5ccccc5)C(=O)C4C3CC3=C2C(=O)C=C(Br)C3=O)c1O. The summed E-state index contributed by atoms with van der Waals surface area (Å²) in [6, 6.07) is 12.7. The molecule has 1 heterocycles. The normalized spacial score (nSPS) is 26.2. The second kappa shape index (κ2) is 9.71. The average molecular weight is 653 g/mol. The fraction of sp³-hybridized carbons (Fsp3) is 0.267. The van der Waals surface area contributed by atoms with Crippen LogP contribution in [0, 0.1) is 17.8 Å².